The number of amides is 3. The van der Waals surface area contributed by atoms with Crippen LogP contribution in [-0.4, -0.2) is 31.3 Å². The van der Waals surface area contributed by atoms with E-state index in [-0.39, 0.29) is 24.1 Å². The smallest absolute Gasteiger partial charge is 0.251 e. The lowest BCUT2D eigenvalue weighted by Gasteiger charge is -2.23. The minimum absolute atomic E-state index is 0.0300. The molecule has 3 rings (SSSR count). The predicted octanol–water partition coefficient (Wildman–Crippen LogP) is 3.86. The van der Waals surface area contributed by atoms with Crippen molar-refractivity contribution in [2.75, 3.05) is 23.8 Å². The van der Waals surface area contributed by atoms with Crippen molar-refractivity contribution < 1.29 is 14.4 Å². The summed E-state index contributed by atoms with van der Waals surface area (Å²) in [6.45, 7) is 6.49. The summed E-state index contributed by atoms with van der Waals surface area (Å²) in [5, 5.41) is 5.51. The highest BCUT2D eigenvalue weighted by Gasteiger charge is 2.36. The van der Waals surface area contributed by atoms with Crippen molar-refractivity contribution in [3.8, 4) is 0 Å². The number of benzene rings is 2. The molecule has 2 atom stereocenters. The summed E-state index contributed by atoms with van der Waals surface area (Å²) in [6, 6.07) is 13.1. The second-order valence-corrected chi connectivity index (χ2v) is 7.87. The Bertz CT molecular complexity index is 970. The molecule has 1 saturated heterocycles. The first-order valence-electron chi connectivity index (χ1n) is 10.4. The molecule has 2 aromatic carbocycles. The zero-order valence-electron chi connectivity index (χ0n) is 18.0. The Labute approximate surface area is 177 Å². The first-order valence-corrected chi connectivity index (χ1v) is 10.4. The summed E-state index contributed by atoms with van der Waals surface area (Å²) >= 11 is 0. The number of para-hydroxylation sites is 1. The minimum Gasteiger partial charge on any atom is -0.355 e. The fourth-order valence-corrected chi connectivity index (χ4v) is 3.81. The van der Waals surface area contributed by atoms with E-state index in [0.717, 1.165) is 23.2 Å². The number of anilines is 2. The fourth-order valence-electron chi connectivity index (χ4n) is 3.81. The molecule has 1 heterocycles. The van der Waals surface area contributed by atoms with Crippen molar-refractivity contribution in [2.24, 2.45) is 5.92 Å². The van der Waals surface area contributed by atoms with Crippen molar-refractivity contribution in [3.05, 3.63) is 59.2 Å². The fraction of sp³-hybridized carbons (Fsp3) is 0.375. The van der Waals surface area contributed by atoms with Gasteiger partial charge in [0.05, 0.1) is 5.92 Å². The van der Waals surface area contributed by atoms with Crippen LogP contribution in [0.1, 0.15) is 54.1 Å². The molecule has 2 N–H and O–H groups in total. The molecule has 0 aliphatic carbocycles. The van der Waals surface area contributed by atoms with Gasteiger partial charge in [0.2, 0.25) is 11.8 Å². The molecule has 0 saturated carbocycles. The maximum absolute atomic E-state index is 12.9. The normalized spacial score (nSPS) is 17.0. The van der Waals surface area contributed by atoms with Crippen LogP contribution in [0.2, 0.25) is 0 Å². The van der Waals surface area contributed by atoms with Gasteiger partial charge in [0.15, 0.2) is 0 Å². The number of carbonyl (C=O) groups excluding carboxylic acids is 3. The summed E-state index contributed by atoms with van der Waals surface area (Å²) in [6.07, 6.45) is 1.17. The van der Waals surface area contributed by atoms with E-state index in [1.807, 2.05) is 25.1 Å². The average molecular weight is 408 g/mol. The highest BCUT2D eigenvalue weighted by molar-refractivity contribution is 6.04. The largest absolute Gasteiger partial charge is 0.355 e. The average Bonchev–Trinajstić information content (AvgIpc) is 3.15. The molecule has 2 unspecified atom stereocenters. The Morgan fingerprint density at radius 3 is 2.60 bits per heavy atom. The van der Waals surface area contributed by atoms with E-state index in [1.165, 1.54) is 0 Å². The lowest BCUT2D eigenvalue weighted by Crippen LogP contribution is -2.29. The highest BCUT2D eigenvalue weighted by atomic mass is 16.2. The van der Waals surface area contributed by atoms with Gasteiger partial charge in [0.1, 0.15) is 0 Å². The van der Waals surface area contributed by atoms with Gasteiger partial charge in [0, 0.05) is 37.0 Å². The van der Waals surface area contributed by atoms with Crippen molar-refractivity contribution in [1.82, 2.24) is 5.32 Å². The van der Waals surface area contributed by atoms with Crippen LogP contribution in [0.15, 0.2) is 42.5 Å². The summed E-state index contributed by atoms with van der Waals surface area (Å²) < 4.78 is 0. The number of nitrogens with one attached hydrogen (secondary N) is 2. The molecule has 0 spiro atoms. The van der Waals surface area contributed by atoms with E-state index in [2.05, 4.69) is 30.5 Å². The van der Waals surface area contributed by atoms with Crippen molar-refractivity contribution in [3.63, 3.8) is 0 Å². The Morgan fingerprint density at radius 1 is 1.20 bits per heavy atom. The zero-order chi connectivity index (χ0) is 21.8. The zero-order valence-corrected chi connectivity index (χ0v) is 18.0. The maximum atomic E-state index is 12.9. The Morgan fingerprint density at radius 2 is 1.93 bits per heavy atom. The second kappa shape index (κ2) is 9.11. The van der Waals surface area contributed by atoms with Gasteiger partial charge in [-0.05, 0) is 54.7 Å². The topological polar surface area (TPSA) is 78.5 Å². The Hall–Kier alpha value is -3.15. The lowest BCUT2D eigenvalue weighted by atomic mass is 9.96. The number of rotatable bonds is 6. The molecule has 3 amide bonds. The molecule has 1 aliphatic heterocycles. The molecule has 158 valence electrons. The molecule has 2 aromatic rings. The lowest BCUT2D eigenvalue weighted by molar-refractivity contribution is -0.122. The first kappa shape index (κ1) is 21.6. The van der Waals surface area contributed by atoms with Crippen LogP contribution in [0.5, 0.6) is 0 Å². The number of nitrogens with zero attached hydrogens (tertiary/aromatic N) is 1. The monoisotopic (exact) mass is 407 g/mol. The molecular formula is C24H29N3O3. The quantitative estimate of drug-likeness (QED) is 0.763. The molecule has 6 nitrogen and oxygen atoms in total. The maximum Gasteiger partial charge on any atom is 0.251 e. The molecule has 0 aromatic heterocycles. The van der Waals surface area contributed by atoms with E-state index in [9.17, 15) is 14.4 Å². The van der Waals surface area contributed by atoms with Crippen LogP contribution in [0.4, 0.5) is 11.4 Å². The second-order valence-electron chi connectivity index (χ2n) is 7.87. The van der Waals surface area contributed by atoms with E-state index in [4.69, 9.17) is 0 Å². The van der Waals surface area contributed by atoms with Gasteiger partial charge in [-0.2, -0.15) is 0 Å². The minimum atomic E-state index is -0.416. The molecular weight excluding hydrogens is 378 g/mol. The standard InChI is InChI=1S/C24H29N3O3/c1-5-15(2)19-8-6-7-9-21(19)27-14-18(13-22(27)28)24(30)26-20-11-10-17(12-16(20)3)23(29)25-4/h6-12,15,18H,5,13-14H2,1-4H3,(H,25,29)(H,26,30). The van der Waals surface area contributed by atoms with E-state index < -0.39 is 5.92 Å². The molecule has 6 heteroatoms. The van der Waals surface area contributed by atoms with Crippen LogP contribution in [0.25, 0.3) is 0 Å². The van der Waals surface area contributed by atoms with Crippen LogP contribution < -0.4 is 15.5 Å². The van der Waals surface area contributed by atoms with Gasteiger partial charge < -0.3 is 15.5 Å². The molecule has 30 heavy (non-hydrogen) atoms. The number of hydrogen-bond acceptors (Lipinski definition) is 3. The molecule has 0 bridgehead atoms. The number of hydrogen-bond donors (Lipinski definition) is 2. The van der Waals surface area contributed by atoms with Gasteiger partial charge in [0.25, 0.3) is 5.91 Å². The molecule has 1 fully saturated rings. The Kier molecular flexibility index (Phi) is 6.55. The first-order chi connectivity index (χ1) is 14.3. The third kappa shape index (κ3) is 4.37. The van der Waals surface area contributed by atoms with Gasteiger partial charge in [-0.25, -0.2) is 0 Å². The van der Waals surface area contributed by atoms with E-state index in [0.29, 0.717) is 23.7 Å². The van der Waals surface area contributed by atoms with E-state index in [1.54, 1.807) is 30.1 Å². The van der Waals surface area contributed by atoms with Crippen molar-refractivity contribution in [2.45, 2.75) is 39.5 Å². The summed E-state index contributed by atoms with van der Waals surface area (Å²) in [4.78, 5) is 39.1. The van der Waals surface area contributed by atoms with Gasteiger partial charge in [-0.1, -0.05) is 32.0 Å². The van der Waals surface area contributed by atoms with Crippen LogP contribution in [-0.2, 0) is 9.59 Å². The number of aryl methyl sites for hydroxylation is 1. The SMILES string of the molecule is CCC(C)c1ccccc1N1CC(C(=O)Nc2ccc(C(=O)NC)cc2C)CC1=O. The van der Waals surface area contributed by atoms with Crippen LogP contribution in [0, 0.1) is 12.8 Å². The van der Waals surface area contributed by atoms with E-state index >= 15 is 0 Å². The Balaban J connectivity index is 1.74. The van der Waals surface area contributed by atoms with Crippen molar-refractivity contribution >= 4 is 29.1 Å². The summed E-state index contributed by atoms with van der Waals surface area (Å²) in [5.74, 6) is -0.461. The van der Waals surface area contributed by atoms with Gasteiger partial charge in [-0.3, -0.25) is 14.4 Å². The van der Waals surface area contributed by atoms with Crippen LogP contribution >= 0.6 is 0 Å². The third-order valence-corrected chi connectivity index (χ3v) is 5.84. The molecule has 0 radical (unpaired) electrons. The summed E-state index contributed by atoms with van der Waals surface area (Å²) in [7, 11) is 1.58. The van der Waals surface area contributed by atoms with Gasteiger partial charge >= 0.3 is 0 Å². The third-order valence-electron chi connectivity index (χ3n) is 5.84. The summed E-state index contributed by atoms with van der Waals surface area (Å²) in [5.41, 5.74) is 4.02. The van der Waals surface area contributed by atoms with Crippen LogP contribution in [0.3, 0.4) is 0 Å². The van der Waals surface area contributed by atoms with Gasteiger partial charge in [-0.15, -0.1) is 0 Å². The number of carbonyl (C=O) groups is 3. The highest BCUT2D eigenvalue weighted by Crippen LogP contribution is 2.33. The predicted molar refractivity (Wildman–Crippen MR) is 119 cm³/mol. The molecule has 1 aliphatic rings. The van der Waals surface area contributed by atoms with Crippen molar-refractivity contribution in [1.29, 1.82) is 0 Å².